The molecule has 1 atom stereocenters. The first kappa shape index (κ1) is 20.6. The molecule has 144 valence electrons. The van der Waals surface area contributed by atoms with Gasteiger partial charge in [-0.2, -0.15) is 0 Å². The molecule has 2 aromatic carbocycles. The molecule has 4 N–H and O–H groups in total. The maximum atomic E-state index is 12.8. The quantitative estimate of drug-likeness (QED) is 0.674. The van der Waals surface area contributed by atoms with Crippen molar-refractivity contribution < 1.29 is 14.3 Å². The van der Waals surface area contributed by atoms with Crippen LogP contribution in [-0.4, -0.2) is 23.6 Å². The summed E-state index contributed by atoms with van der Waals surface area (Å²) in [6.45, 7) is 5.26. The maximum absolute atomic E-state index is 12.8. The standard InChI is InChI=1S/C20H24ClN3O3/c1-20(2,3)27-19(26)24-17(12-13-6-4-5-7-16(13)21)18(25)23-15-10-8-14(22)9-11-15/h4-11,17H,12,22H2,1-3H3,(H,23,25)(H,24,26). The highest BCUT2D eigenvalue weighted by Crippen LogP contribution is 2.18. The molecule has 0 saturated heterocycles. The van der Waals surface area contributed by atoms with Crippen LogP contribution in [0.4, 0.5) is 16.2 Å². The van der Waals surface area contributed by atoms with Crippen molar-refractivity contribution in [2.75, 3.05) is 11.1 Å². The highest BCUT2D eigenvalue weighted by atomic mass is 35.5. The van der Waals surface area contributed by atoms with E-state index in [9.17, 15) is 9.59 Å². The summed E-state index contributed by atoms with van der Waals surface area (Å²) in [6.07, 6.45) is -0.452. The maximum Gasteiger partial charge on any atom is 0.408 e. The molecule has 0 saturated carbocycles. The zero-order valence-electron chi connectivity index (χ0n) is 15.6. The number of carbonyl (C=O) groups excluding carboxylic acids is 2. The van der Waals surface area contributed by atoms with Crippen molar-refractivity contribution in [3.8, 4) is 0 Å². The first-order valence-electron chi connectivity index (χ1n) is 8.53. The van der Waals surface area contributed by atoms with E-state index in [1.54, 1.807) is 57.2 Å². The van der Waals surface area contributed by atoms with Crippen molar-refractivity contribution in [3.05, 3.63) is 59.1 Å². The van der Waals surface area contributed by atoms with Gasteiger partial charge >= 0.3 is 6.09 Å². The lowest BCUT2D eigenvalue weighted by Crippen LogP contribution is -2.47. The minimum atomic E-state index is -0.864. The van der Waals surface area contributed by atoms with Crippen molar-refractivity contribution >= 4 is 35.0 Å². The minimum absolute atomic E-state index is 0.222. The topological polar surface area (TPSA) is 93.4 Å². The number of nitrogens with two attached hydrogens (primary N) is 1. The molecule has 0 aromatic heterocycles. The van der Waals surface area contributed by atoms with Crippen LogP contribution in [0.3, 0.4) is 0 Å². The van der Waals surface area contributed by atoms with Crippen molar-refractivity contribution in [2.45, 2.75) is 38.8 Å². The molecule has 6 nitrogen and oxygen atoms in total. The van der Waals surface area contributed by atoms with Crippen molar-refractivity contribution in [3.63, 3.8) is 0 Å². The van der Waals surface area contributed by atoms with E-state index >= 15 is 0 Å². The number of carbonyl (C=O) groups is 2. The number of alkyl carbamates (subject to hydrolysis) is 1. The lowest BCUT2D eigenvalue weighted by atomic mass is 10.0. The Bertz CT molecular complexity index is 801. The van der Waals surface area contributed by atoms with Crippen LogP contribution < -0.4 is 16.4 Å². The summed E-state index contributed by atoms with van der Waals surface area (Å²) in [5, 5.41) is 5.92. The van der Waals surface area contributed by atoms with Crippen LogP contribution in [0, 0.1) is 0 Å². The van der Waals surface area contributed by atoms with Gasteiger partial charge in [0.25, 0.3) is 0 Å². The van der Waals surface area contributed by atoms with Crippen molar-refractivity contribution in [2.24, 2.45) is 0 Å². The number of hydrogen-bond acceptors (Lipinski definition) is 4. The molecule has 0 aliphatic carbocycles. The fourth-order valence-corrected chi connectivity index (χ4v) is 2.55. The zero-order valence-corrected chi connectivity index (χ0v) is 16.3. The second-order valence-electron chi connectivity index (χ2n) is 7.11. The Morgan fingerprint density at radius 1 is 1.11 bits per heavy atom. The van der Waals surface area contributed by atoms with E-state index in [-0.39, 0.29) is 12.3 Å². The summed E-state index contributed by atoms with van der Waals surface area (Å²) in [7, 11) is 0. The van der Waals surface area contributed by atoms with Gasteiger partial charge in [-0.05, 0) is 56.7 Å². The molecule has 0 aliphatic heterocycles. The molecule has 0 aliphatic rings. The number of anilines is 2. The molecule has 7 heteroatoms. The van der Waals surface area contributed by atoms with Crippen LogP contribution >= 0.6 is 11.6 Å². The monoisotopic (exact) mass is 389 g/mol. The van der Waals surface area contributed by atoms with Gasteiger partial charge in [-0.15, -0.1) is 0 Å². The first-order valence-corrected chi connectivity index (χ1v) is 8.91. The van der Waals surface area contributed by atoms with E-state index in [2.05, 4.69) is 10.6 Å². The van der Waals surface area contributed by atoms with Gasteiger partial charge in [0.05, 0.1) is 0 Å². The first-order chi connectivity index (χ1) is 12.6. The number of halogens is 1. The molecule has 0 spiro atoms. The molecular weight excluding hydrogens is 366 g/mol. The number of amides is 2. The van der Waals surface area contributed by atoms with Crippen LogP contribution in [0.25, 0.3) is 0 Å². The second kappa shape index (κ2) is 8.77. The van der Waals surface area contributed by atoms with Crippen molar-refractivity contribution in [1.82, 2.24) is 5.32 Å². The smallest absolute Gasteiger partial charge is 0.408 e. The molecule has 0 bridgehead atoms. The third-order valence-corrected chi connectivity index (χ3v) is 3.94. The number of ether oxygens (including phenoxy) is 1. The lowest BCUT2D eigenvalue weighted by Gasteiger charge is -2.23. The second-order valence-corrected chi connectivity index (χ2v) is 7.51. The summed E-state index contributed by atoms with van der Waals surface area (Å²) < 4.78 is 5.27. The molecular formula is C20H24ClN3O3. The average molecular weight is 390 g/mol. The Labute approximate surface area is 164 Å². The number of rotatable bonds is 5. The van der Waals surface area contributed by atoms with Crippen LogP contribution in [0.2, 0.25) is 5.02 Å². The fourth-order valence-electron chi connectivity index (χ4n) is 2.34. The summed E-state index contributed by atoms with van der Waals surface area (Å²) in [5.41, 5.74) is 6.89. The molecule has 27 heavy (non-hydrogen) atoms. The third-order valence-electron chi connectivity index (χ3n) is 3.57. The molecule has 2 rings (SSSR count). The minimum Gasteiger partial charge on any atom is -0.444 e. The highest BCUT2D eigenvalue weighted by molar-refractivity contribution is 6.31. The van der Waals surface area contributed by atoms with Gasteiger partial charge in [-0.1, -0.05) is 29.8 Å². The van der Waals surface area contributed by atoms with Crippen LogP contribution in [0.5, 0.6) is 0 Å². The molecule has 0 radical (unpaired) electrons. The number of nitrogens with one attached hydrogen (secondary N) is 2. The van der Waals surface area contributed by atoms with Gasteiger partial charge in [-0.3, -0.25) is 4.79 Å². The largest absolute Gasteiger partial charge is 0.444 e. The summed E-state index contributed by atoms with van der Waals surface area (Å²) >= 11 is 6.20. The van der Waals surface area contributed by atoms with E-state index in [0.29, 0.717) is 16.4 Å². The Morgan fingerprint density at radius 3 is 2.33 bits per heavy atom. The zero-order chi connectivity index (χ0) is 20.0. The fraction of sp³-hybridized carbons (Fsp3) is 0.300. The van der Waals surface area contributed by atoms with E-state index in [0.717, 1.165) is 5.56 Å². The summed E-state index contributed by atoms with van der Waals surface area (Å²) in [4.78, 5) is 24.9. The lowest BCUT2D eigenvalue weighted by molar-refractivity contribution is -0.118. The Kier molecular flexibility index (Phi) is 6.69. The normalized spacial score (nSPS) is 12.1. The van der Waals surface area contributed by atoms with E-state index in [1.807, 2.05) is 12.1 Å². The van der Waals surface area contributed by atoms with Crippen molar-refractivity contribution in [1.29, 1.82) is 0 Å². The molecule has 0 fully saturated rings. The predicted octanol–water partition coefficient (Wildman–Crippen LogP) is 4.00. The average Bonchev–Trinajstić information content (AvgIpc) is 2.56. The summed E-state index contributed by atoms with van der Waals surface area (Å²) in [6, 6.07) is 13.0. The van der Waals surface area contributed by atoms with Gasteiger partial charge in [-0.25, -0.2) is 4.79 Å². The highest BCUT2D eigenvalue weighted by Gasteiger charge is 2.25. The molecule has 2 amide bonds. The molecule has 2 aromatic rings. The van der Waals surface area contributed by atoms with Gasteiger partial charge in [0.15, 0.2) is 0 Å². The Morgan fingerprint density at radius 2 is 1.74 bits per heavy atom. The van der Waals surface area contributed by atoms with Gasteiger partial charge in [0.1, 0.15) is 11.6 Å². The van der Waals surface area contributed by atoms with Gasteiger partial charge in [0, 0.05) is 22.8 Å². The number of hydrogen-bond donors (Lipinski definition) is 3. The number of benzene rings is 2. The number of nitrogen functional groups attached to an aromatic ring is 1. The Balaban J connectivity index is 2.17. The van der Waals surface area contributed by atoms with Crippen LogP contribution in [0.15, 0.2) is 48.5 Å². The predicted molar refractivity (Wildman–Crippen MR) is 108 cm³/mol. The van der Waals surface area contributed by atoms with E-state index in [4.69, 9.17) is 22.1 Å². The van der Waals surface area contributed by atoms with E-state index < -0.39 is 17.7 Å². The molecule has 0 heterocycles. The van der Waals surface area contributed by atoms with E-state index in [1.165, 1.54) is 0 Å². The summed E-state index contributed by atoms with van der Waals surface area (Å²) in [5.74, 6) is -0.384. The third kappa shape index (κ3) is 6.83. The van der Waals surface area contributed by atoms with Crippen LogP contribution in [-0.2, 0) is 16.0 Å². The van der Waals surface area contributed by atoms with Gasteiger partial charge in [0.2, 0.25) is 5.91 Å². The SMILES string of the molecule is CC(C)(C)OC(=O)NC(Cc1ccccc1Cl)C(=O)Nc1ccc(N)cc1. The van der Waals surface area contributed by atoms with Gasteiger partial charge < -0.3 is 21.1 Å². The van der Waals surface area contributed by atoms with Crippen LogP contribution in [0.1, 0.15) is 26.3 Å². The molecule has 1 unspecified atom stereocenters. The Hall–Kier alpha value is -2.73.